The van der Waals surface area contributed by atoms with E-state index < -0.39 is 0 Å². The monoisotopic (exact) mass is 387 g/mol. The molecule has 0 unspecified atom stereocenters. The fourth-order valence-electron chi connectivity index (χ4n) is 1.60. The molecule has 19 heavy (non-hydrogen) atoms. The molecule has 0 aliphatic rings. The molecular weight excluding hydrogens is 374 g/mol. The number of halogens is 2. The van der Waals surface area contributed by atoms with Crippen LogP contribution in [0.3, 0.4) is 0 Å². The normalized spacial score (nSPS) is 11.1. The number of hydrogen-bond donors (Lipinski definition) is 1. The molecule has 0 bridgehead atoms. The summed E-state index contributed by atoms with van der Waals surface area (Å²) in [6, 6.07) is 3.84. The third-order valence-electron chi connectivity index (χ3n) is 2.56. The van der Waals surface area contributed by atoms with Crippen LogP contribution in [0.15, 0.2) is 25.7 Å². The van der Waals surface area contributed by atoms with E-state index in [2.05, 4.69) is 61.0 Å². The van der Waals surface area contributed by atoms with Crippen molar-refractivity contribution in [2.24, 2.45) is 0 Å². The first-order valence-corrected chi connectivity index (χ1v) is 7.68. The fraction of sp³-hybridized carbons (Fsp3) is 0.385. The maximum atomic E-state index is 5.59. The van der Waals surface area contributed by atoms with Crippen LogP contribution in [-0.2, 0) is 0 Å². The third kappa shape index (κ3) is 3.36. The minimum atomic E-state index is 0.334. The molecule has 4 nitrogen and oxygen atoms in total. The number of hydrogen-bond acceptors (Lipinski definition) is 4. The molecule has 0 spiro atoms. The van der Waals surface area contributed by atoms with Crippen molar-refractivity contribution in [3.63, 3.8) is 0 Å². The molecule has 0 amide bonds. The van der Waals surface area contributed by atoms with Crippen LogP contribution < -0.4 is 5.32 Å². The second-order valence-electron chi connectivity index (χ2n) is 4.42. The van der Waals surface area contributed by atoms with Crippen molar-refractivity contribution in [2.75, 3.05) is 11.9 Å². The number of rotatable bonds is 4. The second kappa shape index (κ2) is 6.05. The van der Waals surface area contributed by atoms with Crippen LogP contribution in [0, 0.1) is 0 Å². The summed E-state index contributed by atoms with van der Waals surface area (Å²) in [6.07, 6.45) is 0. The molecule has 0 aliphatic carbocycles. The molecular formula is C13H15Br2N3O. The Morgan fingerprint density at radius 1 is 1.26 bits per heavy atom. The van der Waals surface area contributed by atoms with Crippen LogP contribution in [0.25, 0.3) is 11.6 Å². The van der Waals surface area contributed by atoms with Crippen molar-refractivity contribution >= 4 is 37.7 Å². The van der Waals surface area contributed by atoms with E-state index in [1.807, 2.05) is 19.1 Å². The molecule has 2 rings (SSSR count). The number of nitrogens with one attached hydrogen (secondary N) is 1. The van der Waals surface area contributed by atoms with Crippen LogP contribution >= 0.6 is 31.9 Å². The molecule has 102 valence electrons. The highest BCUT2D eigenvalue weighted by molar-refractivity contribution is 9.13. The lowest BCUT2D eigenvalue weighted by Gasteiger charge is -2.09. The summed E-state index contributed by atoms with van der Waals surface area (Å²) in [5, 5.41) is 3.22. The summed E-state index contributed by atoms with van der Waals surface area (Å²) >= 11 is 6.72. The highest BCUT2D eigenvalue weighted by Crippen LogP contribution is 2.32. The molecule has 2 heterocycles. The highest BCUT2D eigenvalue weighted by atomic mass is 79.9. The van der Waals surface area contributed by atoms with E-state index in [9.17, 15) is 0 Å². The van der Waals surface area contributed by atoms with Gasteiger partial charge in [0.2, 0.25) is 0 Å². The lowest BCUT2D eigenvalue weighted by molar-refractivity contribution is 0.548. The van der Waals surface area contributed by atoms with Gasteiger partial charge in [-0.15, -0.1) is 0 Å². The van der Waals surface area contributed by atoms with E-state index in [1.54, 1.807) is 0 Å². The van der Waals surface area contributed by atoms with E-state index in [0.717, 1.165) is 22.5 Å². The molecule has 0 radical (unpaired) electrons. The van der Waals surface area contributed by atoms with Gasteiger partial charge in [-0.1, -0.05) is 13.8 Å². The van der Waals surface area contributed by atoms with Crippen LogP contribution in [0.5, 0.6) is 0 Å². The van der Waals surface area contributed by atoms with E-state index in [1.165, 1.54) is 0 Å². The second-order valence-corrected chi connectivity index (χ2v) is 5.99. The SMILES string of the molecule is CCNc1cc(C(C)C)nc(-c2cc(Br)c(Br)o2)n1. The maximum Gasteiger partial charge on any atom is 0.197 e. The zero-order chi connectivity index (χ0) is 14.0. The first kappa shape index (κ1) is 14.5. The van der Waals surface area contributed by atoms with Crippen molar-refractivity contribution in [2.45, 2.75) is 26.7 Å². The number of nitrogens with zero attached hydrogens (tertiary/aromatic N) is 2. The minimum absolute atomic E-state index is 0.334. The summed E-state index contributed by atoms with van der Waals surface area (Å²) < 4.78 is 7.08. The zero-order valence-corrected chi connectivity index (χ0v) is 14.2. The first-order chi connectivity index (χ1) is 9.01. The fourth-order valence-corrected chi connectivity index (χ4v) is 2.18. The summed E-state index contributed by atoms with van der Waals surface area (Å²) in [5.41, 5.74) is 0.990. The molecule has 0 saturated carbocycles. The Hall–Kier alpha value is -0.880. The Morgan fingerprint density at radius 3 is 2.53 bits per heavy atom. The molecule has 2 aromatic heterocycles. The van der Waals surface area contributed by atoms with E-state index >= 15 is 0 Å². The van der Waals surface area contributed by atoms with Crippen molar-refractivity contribution in [1.29, 1.82) is 0 Å². The van der Waals surface area contributed by atoms with Crippen molar-refractivity contribution in [1.82, 2.24) is 9.97 Å². The summed E-state index contributed by atoms with van der Waals surface area (Å²) in [7, 11) is 0. The van der Waals surface area contributed by atoms with Gasteiger partial charge in [-0.25, -0.2) is 9.97 Å². The average Bonchev–Trinajstić information content (AvgIpc) is 2.70. The average molecular weight is 389 g/mol. The van der Waals surface area contributed by atoms with Crippen LogP contribution in [0.2, 0.25) is 0 Å². The summed E-state index contributed by atoms with van der Waals surface area (Å²) in [4.78, 5) is 9.03. The van der Waals surface area contributed by atoms with Gasteiger partial charge in [-0.3, -0.25) is 0 Å². The predicted molar refractivity (Wildman–Crippen MR) is 83.4 cm³/mol. The maximum absolute atomic E-state index is 5.59. The van der Waals surface area contributed by atoms with Crippen molar-refractivity contribution in [3.05, 3.63) is 27.0 Å². The number of anilines is 1. The zero-order valence-electron chi connectivity index (χ0n) is 11.0. The van der Waals surface area contributed by atoms with Crippen LogP contribution in [0.4, 0.5) is 5.82 Å². The molecule has 1 N–H and O–H groups in total. The molecule has 6 heteroatoms. The Kier molecular flexibility index (Phi) is 4.62. The number of aromatic nitrogens is 2. The Balaban J connectivity index is 2.49. The molecule has 0 aromatic carbocycles. The Labute approximate surface area is 129 Å². The molecule has 0 saturated heterocycles. The van der Waals surface area contributed by atoms with Crippen molar-refractivity contribution < 1.29 is 4.42 Å². The van der Waals surface area contributed by atoms with Gasteiger partial charge in [0, 0.05) is 24.4 Å². The van der Waals surface area contributed by atoms with Crippen LogP contribution in [0.1, 0.15) is 32.4 Å². The lowest BCUT2D eigenvalue weighted by atomic mass is 10.1. The van der Waals surface area contributed by atoms with Gasteiger partial charge in [0.1, 0.15) is 5.82 Å². The Morgan fingerprint density at radius 2 is 2.00 bits per heavy atom. The molecule has 2 aromatic rings. The molecule has 0 aliphatic heterocycles. The van der Waals surface area contributed by atoms with Gasteiger partial charge in [0.25, 0.3) is 0 Å². The van der Waals surface area contributed by atoms with E-state index in [-0.39, 0.29) is 0 Å². The van der Waals surface area contributed by atoms with Gasteiger partial charge in [-0.2, -0.15) is 0 Å². The number of furan rings is 1. The lowest BCUT2D eigenvalue weighted by Crippen LogP contribution is -2.04. The third-order valence-corrected chi connectivity index (χ3v) is 4.27. The Bertz CT molecular complexity index is 562. The topological polar surface area (TPSA) is 51.0 Å². The minimum Gasteiger partial charge on any atom is -0.445 e. The van der Waals surface area contributed by atoms with Gasteiger partial charge < -0.3 is 9.73 Å². The standard InChI is InChI=1S/C13H15Br2N3O/c1-4-16-11-6-9(7(2)3)17-13(18-11)10-5-8(14)12(15)19-10/h5-7H,4H2,1-3H3,(H,16,17,18). The van der Waals surface area contributed by atoms with Crippen molar-refractivity contribution in [3.8, 4) is 11.6 Å². The van der Waals surface area contributed by atoms with E-state index in [0.29, 0.717) is 22.2 Å². The van der Waals surface area contributed by atoms with Gasteiger partial charge in [0.15, 0.2) is 16.3 Å². The smallest absolute Gasteiger partial charge is 0.197 e. The summed E-state index contributed by atoms with van der Waals surface area (Å²) in [5.74, 6) is 2.38. The van der Waals surface area contributed by atoms with Crippen LogP contribution in [-0.4, -0.2) is 16.5 Å². The van der Waals surface area contributed by atoms with Gasteiger partial charge in [0.05, 0.1) is 4.47 Å². The van der Waals surface area contributed by atoms with Gasteiger partial charge in [-0.05, 0) is 44.7 Å². The predicted octanol–water partition coefficient (Wildman–Crippen LogP) is 4.82. The first-order valence-electron chi connectivity index (χ1n) is 6.09. The molecule has 0 atom stereocenters. The highest BCUT2D eigenvalue weighted by Gasteiger charge is 2.14. The summed E-state index contributed by atoms with van der Waals surface area (Å²) in [6.45, 7) is 7.07. The largest absolute Gasteiger partial charge is 0.445 e. The van der Waals surface area contributed by atoms with Gasteiger partial charge >= 0.3 is 0 Å². The van der Waals surface area contributed by atoms with E-state index in [4.69, 9.17) is 4.42 Å². The quantitative estimate of drug-likeness (QED) is 0.815. The molecule has 0 fully saturated rings.